The number of carbonyl (C=O) groups excluding carboxylic acids is 1. The van der Waals surface area contributed by atoms with Gasteiger partial charge in [0.05, 0.1) is 12.8 Å². The van der Waals surface area contributed by atoms with Gasteiger partial charge < -0.3 is 4.42 Å². The SMILES string of the molecule is CN(CCC(=O)c1cc(F)cc(F)c1)Cc1ccco1. The van der Waals surface area contributed by atoms with Gasteiger partial charge in [-0.3, -0.25) is 9.69 Å². The summed E-state index contributed by atoms with van der Waals surface area (Å²) in [6.45, 7) is 1.06. The van der Waals surface area contributed by atoms with E-state index < -0.39 is 11.6 Å². The molecule has 0 saturated carbocycles. The molecule has 0 saturated heterocycles. The van der Waals surface area contributed by atoms with Crippen LogP contribution in [-0.2, 0) is 6.54 Å². The standard InChI is InChI=1S/C15H15F2NO2/c1-18(10-14-3-2-6-20-14)5-4-15(19)11-7-12(16)9-13(17)8-11/h2-3,6-9H,4-5,10H2,1H3. The van der Waals surface area contributed by atoms with E-state index in [-0.39, 0.29) is 17.8 Å². The smallest absolute Gasteiger partial charge is 0.164 e. The largest absolute Gasteiger partial charge is 0.468 e. The first-order chi connectivity index (χ1) is 9.54. The molecule has 0 N–H and O–H groups in total. The number of carbonyl (C=O) groups is 1. The Kier molecular flexibility index (Phi) is 4.63. The fraction of sp³-hybridized carbons (Fsp3) is 0.267. The normalized spacial score (nSPS) is 11.0. The maximum Gasteiger partial charge on any atom is 0.164 e. The molecule has 3 nitrogen and oxygen atoms in total. The highest BCUT2D eigenvalue weighted by Gasteiger charge is 2.11. The molecule has 0 spiro atoms. The third-order valence-electron chi connectivity index (χ3n) is 2.91. The molecule has 0 aliphatic rings. The van der Waals surface area contributed by atoms with Crippen molar-refractivity contribution in [3.8, 4) is 0 Å². The fourth-order valence-electron chi connectivity index (χ4n) is 1.90. The van der Waals surface area contributed by atoms with Gasteiger partial charge in [0.2, 0.25) is 0 Å². The zero-order valence-corrected chi connectivity index (χ0v) is 11.1. The molecule has 1 aromatic heterocycles. The van der Waals surface area contributed by atoms with Gasteiger partial charge in [-0.25, -0.2) is 8.78 Å². The lowest BCUT2D eigenvalue weighted by Crippen LogP contribution is -2.21. The molecular formula is C15H15F2NO2. The van der Waals surface area contributed by atoms with Crippen LogP contribution in [0.2, 0.25) is 0 Å². The van der Waals surface area contributed by atoms with Crippen molar-refractivity contribution in [1.82, 2.24) is 4.90 Å². The van der Waals surface area contributed by atoms with Crippen molar-refractivity contribution >= 4 is 5.78 Å². The second-order valence-corrected chi connectivity index (χ2v) is 4.65. The number of ketones is 1. The van der Waals surface area contributed by atoms with Crippen molar-refractivity contribution in [2.75, 3.05) is 13.6 Å². The van der Waals surface area contributed by atoms with Gasteiger partial charge >= 0.3 is 0 Å². The number of Topliss-reactive ketones (excluding diaryl/α,β-unsaturated/α-hetero) is 1. The van der Waals surface area contributed by atoms with Crippen LogP contribution in [0.15, 0.2) is 41.0 Å². The first-order valence-electron chi connectivity index (χ1n) is 6.25. The topological polar surface area (TPSA) is 33.5 Å². The minimum atomic E-state index is -0.739. The highest BCUT2D eigenvalue weighted by molar-refractivity contribution is 5.96. The number of hydrogen-bond donors (Lipinski definition) is 0. The van der Waals surface area contributed by atoms with Gasteiger partial charge in [0.25, 0.3) is 0 Å². The Morgan fingerprint density at radius 2 is 1.95 bits per heavy atom. The molecule has 1 aromatic carbocycles. The van der Waals surface area contributed by atoms with Crippen molar-refractivity contribution < 1.29 is 18.0 Å². The second kappa shape index (κ2) is 6.43. The molecule has 0 unspecified atom stereocenters. The van der Waals surface area contributed by atoms with E-state index in [4.69, 9.17) is 4.42 Å². The number of furan rings is 1. The minimum absolute atomic E-state index is 0.0638. The summed E-state index contributed by atoms with van der Waals surface area (Å²) in [7, 11) is 1.85. The summed E-state index contributed by atoms with van der Waals surface area (Å²) in [6.07, 6.45) is 1.78. The third-order valence-corrected chi connectivity index (χ3v) is 2.91. The molecule has 0 aliphatic heterocycles. The number of nitrogens with zero attached hydrogens (tertiary/aromatic N) is 1. The molecule has 1 heterocycles. The van der Waals surface area contributed by atoms with Crippen molar-refractivity contribution in [1.29, 1.82) is 0 Å². The van der Waals surface area contributed by atoms with E-state index in [9.17, 15) is 13.6 Å². The lowest BCUT2D eigenvalue weighted by atomic mass is 10.1. The number of benzene rings is 1. The predicted octanol–water partition coefficient (Wildman–Crippen LogP) is 3.26. The molecule has 0 bridgehead atoms. The average molecular weight is 279 g/mol. The van der Waals surface area contributed by atoms with Crippen molar-refractivity contribution in [3.63, 3.8) is 0 Å². The molecule has 20 heavy (non-hydrogen) atoms. The lowest BCUT2D eigenvalue weighted by molar-refractivity contribution is 0.0965. The molecule has 5 heteroatoms. The Morgan fingerprint density at radius 1 is 1.25 bits per heavy atom. The molecular weight excluding hydrogens is 264 g/mol. The summed E-state index contributed by atoms with van der Waals surface area (Å²) in [5, 5.41) is 0. The Hall–Kier alpha value is -2.01. The number of rotatable bonds is 6. The maximum absolute atomic E-state index is 13.0. The van der Waals surface area contributed by atoms with E-state index in [1.807, 2.05) is 18.0 Å². The summed E-state index contributed by atoms with van der Waals surface area (Å²) in [4.78, 5) is 13.8. The summed E-state index contributed by atoms with van der Waals surface area (Å²) >= 11 is 0. The van der Waals surface area contributed by atoms with Crippen LogP contribution < -0.4 is 0 Å². The van der Waals surface area contributed by atoms with Crippen LogP contribution in [-0.4, -0.2) is 24.3 Å². The van der Waals surface area contributed by atoms with Gasteiger partial charge in [-0.05, 0) is 31.3 Å². The van der Waals surface area contributed by atoms with E-state index in [0.29, 0.717) is 13.1 Å². The Bertz CT molecular complexity index is 561. The van der Waals surface area contributed by atoms with Gasteiger partial charge in [0.1, 0.15) is 17.4 Å². The van der Waals surface area contributed by atoms with E-state index >= 15 is 0 Å². The van der Waals surface area contributed by atoms with Gasteiger partial charge in [0.15, 0.2) is 5.78 Å². The zero-order chi connectivity index (χ0) is 14.5. The monoisotopic (exact) mass is 279 g/mol. The van der Waals surface area contributed by atoms with Crippen LogP contribution in [0.4, 0.5) is 8.78 Å². The highest BCUT2D eigenvalue weighted by atomic mass is 19.1. The van der Waals surface area contributed by atoms with Gasteiger partial charge in [-0.2, -0.15) is 0 Å². The fourth-order valence-corrected chi connectivity index (χ4v) is 1.90. The van der Waals surface area contributed by atoms with E-state index in [1.165, 1.54) is 0 Å². The van der Waals surface area contributed by atoms with Crippen molar-refractivity contribution in [2.45, 2.75) is 13.0 Å². The van der Waals surface area contributed by atoms with Gasteiger partial charge in [0, 0.05) is 24.6 Å². The Morgan fingerprint density at radius 3 is 2.55 bits per heavy atom. The number of hydrogen-bond acceptors (Lipinski definition) is 3. The van der Waals surface area contributed by atoms with Crippen LogP contribution in [0.5, 0.6) is 0 Å². The second-order valence-electron chi connectivity index (χ2n) is 4.65. The van der Waals surface area contributed by atoms with Crippen LogP contribution in [0.25, 0.3) is 0 Å². The van der Waals surface area contributed by atoms with Crippen LogP contribution in [0, 0.1) is 11.6 Å². The maximum atomic E-state index is 13.0. The molecule has 0 radical (unpaired) electrons. The highest BCUT2D eigenvalue weighted by Crippen LogP contribution is 2.11. The molecule has 2 aromatic rings. The molecule has 0 fully saturated rings. The lowest BCUT2D eigenvalue weighted by Gasteiger charge is -2.14. The van der Waals surface area contributed by atoms with Crippen molar-refractivity contribution in [2.24, 2.45) is 0 Å². The zero-order valence-electron chi connectivity index (χ0n) is 11.1. The summed E-state index contributed by atoms with van der Waals surface area (Å²) in [5.41, 5.74) is 0.0638. The Labute approximate surface area is 115 Å². The number of halogens is 2. The summed E-state index contributed by atoms with van der Waals surface area (Å²) < 4.78 is 31.2. The Balaban J connectivity index is 1.88. The van der Waals surface area contributed by atoms with Gasteiger partial charge in [-0.15, -0.1) is 0 Å². The molecule has 2 rings (SSSR count). The van der Waals surface area contributed by atoms with Gasteiger partial charge in [-0.1, -0.05) is 0 Å². The van der Waals surface area contributed by atoms with E-state index in [0.717, 1.165) is 24.0 Å². The minimum Gasteiger partial charge on any atom is -0.468 e. The molecule has 0 aliphatic carbocycles. The third kappa shape index (κ3) is 3.99. The first kappa shape index (κ1) is 14.4. The predicted molar refractivity (Wildman–Crippen MR) is 70.3 cm³/mol. The summed E-state index contributed by atoms with van der Waals surface area (Å²) in [5.74, 6) is -0.957. The van der Waals surface area contributed by atoms with Crippen molar-refractivity contribution in [3.05, 3.63) is 59.6 Å². The quantitative estimate of drug-likeness (QED) is 0.761. The van der Waals surface area contributed by atoms with Crippen LogP contribution >= 0.6 is 0 Å². The van der Waals surface area contributed by atoms with Crippen LogP contribution in [0.3, 0.4) is 0 Å². The van der Waals surface area contributed by atoms with E-state index in [2.05, 4.69) is 0 Å². The first-order valence-corrected chi connectivity index (χ1v) is 6.25. The van der Waals surface area contributed by atoms with E-state index in [1.54, 1.807) is 12.3 Å². The average Bonchev–Trinajstić information content (AvgIpc) is 2.87. The van der Waals surface area contributed by atoms with Crippen LogP contribution in [0.1, 0.15) is 22.5 Å². The molecule has 0 amide bonds. The summed E-state index contributed by atoms with van der Waals surface area (Å²) in [6, 6.07) is 6.50. The molecule has 106 valence electrons. The molecule has 0 atom stereocenters.